The van der Waals surface area contributed by atoms with Gasteiger partial charge in [-0.1, -0.05) is 50.6 Å². The van der Waals surface area contributed by atoms with Gasteiger partial charge in [-0.2, -0.15) is 0 Å². The highest BCUT2D eigenvalue weighted by atomic mass is 16.5. The Bertz CT molecular complexity index is 841. The molecule has 0 aliphatic carbocycles. The van der Waals surface area contributed by atoms with Crippen LogP contribution in [0, 0.1) is 6.92 Å². The third kappa shape index (κ3) is 5.74. The summed E-state index contributed by atoms with van der Waals surface area (Å²) in [6.07, 6.45) is 0. The molecule has 2 rings (SSSR count). The molecule has 6 heteroatoms. The van der Waals surface area contributed by atoms with Crippen molar-refractivity contribution in [3.8, 4) is 5.75 Å². The molecule has 0 unspecified atom stereocenters. The molecule has 0 aliphatic heterocycles. The number of anilines is 1. The van der Waals surface area contributed by atoms with Crippen molar-refractivity contribution in [2.75, 3.05) is 18.7 Å². The molecule has 2 N–H and O–H groups in total. The van der Waals surface area contributed by atoms with E-state index in [1.807, 2.05) is 19.1 Å². The van der Waals surface area contributed by atoms with Crippen LogP contribution in [0.25, 0.3) is 0 Å². The topological polar surface area (TPSA) is 76.7 Å². The van der Waals surface area contributed by atoms with Crippen LogP contribution in [0.2, 0.25) is 0 Å². The van der Waals surface area contributed by atoms with Gasteiger partial charge < -0.3 is 20.1 Å². The summed E-state index contributed by atoms with van der Waals surface area (Å²) in [5, 5.41) is 5.31. The lowest BCUT2D eigenvalue weighted by Crippen LogP contribution is -2.33. The molecule has 6 nitrogen and oxygen atoms in total. The SMILES string of the molecule is CCOC(=O)c1ccccc1NC(=O)NCOc1ccc(C)cc1C(C)(C)C. The molecule has 0 saturated heterocycles. The molecule has 0 saturated carbocycles. The van der Waals surface area contributed by atoms with Crippen molar-refractivity contribution in [2.45, 2.75) is 40.0 Å². The quantitative estimate of drug-likeness (QED) is 0.562. The van der Waals surface area contributed by atoms with Gasteiger partial charge in [0.1, 0.15) is 5.75 Å². The number of ether oxygens (including phenoxy) is 2. The number of esters is 1. The van der Waals surface area contributed by atoms with Crippen LogP contribution in [0.15, 0.2) is 42.5 Å². The Balaban J connectivity index is 1.99. The Morgan fingerprint density at radius 1 is 1.07 bits per heavy atom. The van der Waals surface area contributed by atoms with Crippen molar-refractivity contribution >= 4 is 17.7 Å². The van der Waals surface area contributed by atoms with Crippen LogP contribution >= 0.6 is 0 Å². The number of urea groups is 1. The maximum Gasteiger partial charge on any atom is 0.340 e. The summed E-state index contributed by atoms with van der Waals surface area (Å²) in [5.41, 5.74) is 2.82. The largest absolute Gasteiger partial charge is 0.473 e. The van der Waals surface area contributed by atoms with Crippen molar-refractivity contribution in [2.24, 2.45) is 0 Å². The molecular weight excluding hydrogens is 356 g/mol. The van der Waals surface area contributed by atoms with Crippen LogP contribution in [-0.2, 0) is 10.2 Å². The van der Waals surface area contributed by atoms with Crippen molar-refractivity contribution in [1.82, 2.24) is 5.32 Å². The Hall–Kier alpha value is -3.02. The third-order valence-electron chi connectivity index (χ3n) is 4.07. The minimum absolute atomic E-state index is 0.000449. The first-order valence-corrected chi connectivity index (χ1v) is 9.27. The number of aryl methyl sites for hydroxylation is 1. The number of rotatable bonds is 6. The van der Waals surface area contributed by atoms with Crippen LogP contribution in [0.5, 0.6) is 5.75 Å². The van der Waals surface area contributed by atoms with Gasteiger partial charge in [0.05, 0.1) is 17.9 Å². The Labute approximate surface area is 166 Å². The predicted octanol–water partition coefficient (Wildman–Crippen LogP) is 4.63. The summed E-state index contributed by atoms with van der Waals surface area (Å²) >= 11 is 0. The van der Waals surface area contributed by atoms with Gasteiger partial charge in [-0.25, -0.2) is 9.59 Å². The average molecular weight is 384 g/mol. The summed E-state index contributed by atoms with van der Waals surface area (Å²) in [7, 11) is 0. The number of hydrogen-bond donors (Lipinski definition) is 2. The average Bonchev–Trinajstić information content (AvgIpc) is 2.62. The molecule has 0 spiro atoms. The first kappa shape index (κ1) is 21.3. The maximum absolute atomic E-state index is 12.2. The molecule has 0 aliphatic rings. The fourth-order valence-corrected chi connectivity index (χ4v) is 2.68. The second-order valence-corrected chi connectivity index (χ2v) is 7.44. The number of para-hydroxylation sites is 1. The predicted molar refractivity (Wildman–Crippen MR) is 110 cm³/mol. The molecule has 28 heavy (non-hydrogen) atoms. The van der Waals surface area contributed by atoms with Crippen LogP contribution < -0.4 is 15.4 Å². The van der Waals surface area contributed by atoms with E-state index in [-0.39, 0.29) is 18.8 Å². The number of nitrogens with one attached hydrogen (secondary N) is 2. The summed E-state index contributed by atoms with van der Waals surface area (Å²) in [4.78, 5) is 24.2. The molecule has 0 heterocycles. The van der Waals surface area contributed by atoms with Gasteiger partial charge in [-0.3, -0.25) is 0 Å². The van der Waals surface area contributed by atoms with Gasteiger partial charge in [-0.05, 0) is 43.0 Å². The van der Waals surface area contributed by atoms with Crippen molar-refractivity contribution in [1.29, 1.82) is 0 Å². The molecule has 0 atom stereocenters. The highest BCUT2D eigenvalue weighted by Gasteiger charge is 2.19. The van der Waals surface area contributed by atoms with E-state index in [1.54, 1.807) is 31.2 Å². The number of hydrogen-bond acceptors (Lipinski definition) is 4. The van der Waals surface area contributed by atoms with Crippen molar-refractivity contribution in [3.05, 3.63) is 59.2 Å². The van der Waals surface area contributed by atoms with E-state index in [9.17, 15) is 9.59 Å². The number of carbonyl (C=O) groups excluding carboxylic acids is 2. The van der Waals surface area contributed by atoms with Gasteiger partial charge in [0.2, 0.25) is 0 Å². The lowest BCUT2D eigenvalue weighted by Gasteiger charge is -2.23. The zero-order valence-electron chi connectivity index (χ0n) is 17.1. The highest BCUT2D eigenvalue weighted by Crippen LogP contribution is 2.32. The van der Waals surface area contributed by atoms with E-state index >= 15 is 0 Å². The van der Waals surface area contributed by atoms with Gasteiger partial charge in [-0.15, -0.1) is 0 Å². The van der Waals surface area contributed by atoms with E-state index < -0.39 is 12.0 Å². The Morgan fingerprint density at radius 2 is 1.79 bits per heavy atom. The first-order valence-electron chi connectivity index (χ1n) is 9.27. The smallest absolute Gasteiger partial charge is 0.340 e. The van der Waals surface area contributed by atoms with Crippen molar-refractivity contribution in [3.63, 3.8) is 0 Å². The second-order valence-electron chi connectivity index (χ2n) is 7.44. The van der Waals surface area contributed by atoms with Crippen LogP contribution in [0.4, 0.5) is 10.5 Å². The van der Waals surface area contributed by atoms with Crippen molar-refractivity contribution < 1.29 is 19.1 Å². The molecule has 2 amide bonds. The summed E-state index contributed by atoms with van der Waals surface area (Å²) in [6.45, 7) is 10.4. The Kier molecular flexibility index (Phi) is 7.04. The fraction of sp³-hybridized carbons (Fsp3) is 0.364. The summed E-state index contributed by atoms with van der Waals surface area (Å²) < 4.78 is 10.8. The highest BCUT2D eigenvalue weighted by molar-refractivity contribution is 6.00. The molecule has 0 bridgehead atoms. The van der Waals surface area contributed by atoms with Gasteiger partial charge >= 0.3 is 12.0 Å². The van der Waals surface area contributed by atoms with E-state index in [0.29, 0.717) is 11.3 Å². The van der Waals surface area contributed by atoms with Crippen LogP contribution in [0.3, 0.4) is 0 Å². The summed E-state index contributed by atoms with van der Waals surface area (Å²) in [6, 6.07) is 12.2. The third-order valence-corrected chi connectivity index (χ3v) is 4.07. The molecular formula is C22H28N2O4. The molecule has 2 aromatic rings. The number of benzene rings is 2. The number of amides is 2. The van der Waals surface area contributed by atoms with E-state index in [4.69, 9.17) is 9.47 Å². The molecule has 2 aromatic carbocycles. The van der Waals surface area contributed by atoms with E-state index in [0.717, 1.165) is 16.9 Å². The van der Waals surface area contributed by atoms with E-state index in [2.05, 4.69) is 37.5 Å². The zero-order valence-corrected chi connectivity index (χ0v) is 17.1. The molecule has 0 radical (unpaired) electrons. The maximum atomic E-state index is 12.2. The molecule has 0 fully saturated rings. The molecule has 150 valence electrons. The Morgan fingerprint density at radius 3 is 2.46 bits per heavy atom. The first-order chi connectivity index (χ1) is 13.2. The monoisotopic (exact) mass is 384 g/mol. The van der Waals surface area contributed by atoms with E-state index in [1.165, 1.54) is 0 Å². The minimum Gasteiger partial charge on any atom is -0.473 e. The summed E-state index contributed by atoms with van der Waals surface area (Å²) in [5.74, 6) is 0.245. The lowest BCUT2D eigenvalue weighted by atomic mass is 9.85. The normalized spacial score (nSPS) is 10.9. The zero-order chi connectivity index (χ0) is 20.7. The van der Waals surface area contributed by atoms with Crippen LogP contribution in [0.1, 0.15) is 49.2 Å². The lowest BCUT2D eigenvalue weighted by molar-refractivity contribution is 0.0527. The molecule has 0 aromatic heterocycles. The second kappa shape index (κ2) is 9.26. The number of carbonyl (C=O) groups is 2. The fourth-order valence-electron chi connectivity index (χ4n) is 2.68. The van der Waals surface area contributed by atoms with Gasteiger partial charge in [0.25, 0.3) is 0 Å². The van der Waals surface area contributed by atoms with Gasteiger partial charge in [0, 0.05) is 0 Å². The standard InChI is InChI=1S/C22H28N2O4/c1-6-27-20(25)16-9-7-8-10-18(16)24-21(26)23-14-28-19-12-11-15(2)13-17(19)22(3,4)5/h7-13H,6,14H2,1-5H3,(H2,23,24,26). The minimum atomic E-state index is -0.482. The van der Waals surface area contributed by atoms with Crippen LogP contribution in [-0.4, -0.2) is 25.3 Å². The van der Waals surface area contributed by atoms with Gasteiger partial charge in [0.15, 0.2) is 6.73 Å².